The number of fused-ring (bicyclic) bond motifs is 1. The molecular formula is C23H20N4O2S2. The van der Waals surface area contributed by atoms with Gasteiger partial charge in [0.15, 0.2) is 5.82 Å². The third-order valence-corrected chi connectivity index (χ3v) is 7.57. The molecular weight excluding hydrogens is 428 g/mol. The topological polar surface area (TPSA) is 76.9 Å². The van der Waals surface area contributed by atoms with Crippen LogP contribution >= 0.6 is 22.7 Å². The number of carbonyl (C=O) groups is 2. The Bertz CT molecular complexity index is 1260. The number of carbonyl (C=O) groups excluding carboxylic acids is 2. The van der Waals surface area contributed by atoms with E-state index < -0.39 is 0 Å². The largest absolute Gasteiger partial charge is 0.313 e. The second kappa shape index (κ2) is 8.20. The van der Waals surface area contributed by atoms with Crippen LogP contribution in [0.3, 0.4) is 0 Å². The number of aryl methyl sites for hydroxylation is 1. The van der Waals surface area contributed by atoms with Crippen LogP contribution in [0.25, 0.3) is 5.82 Å². The minimum Gasteiger partial charge on any atom is -0.313 e. The SMILES string of the molecule is Cc1c(C(=O)Nc2sc3c(c2C(=O)c2cccs2)CCCC3)cnn1-c1ccccn1. The molecule has 0 aliphatic heterocycles. The average Bonchev–Trinajstić information content (AvgIpc) is 3.52. The van der Waals surface area contributed by atoms with E-state index in [9.17, 15) is 9.59 Å². The quantitative estimate of drug-likeness (QED) is 0.433. The molecule has 1 amide bonds. The van der Waals surface area contributed by atoms with Gasteiger partial charge in [-0.05, 0) is 61.7 Å². The maximum absolute atomic E-state index is 13.3. The van der Waals surface area contributed by atoms with Gasteiger partial charge in [-0.1, -0.05) is 12.1 Å². The van der Waals surface area contributed by atoms with E-state index in [1.807, 2.05) is 42.6 Å². The first-order valence-electron chi connectivity index (χ1n) is 10.1. The van der Waals surface area contributed by atoms with Crippen molar-refractivity contribution in [2.75, 3.05) is 5.32 Å². The fourth-order valence-electron chi connectivity index (χ4n) is 3.94. The van der Waals surface area contributed by atoms with Gasteiger partial charge in [0.05, 0.1) is 27.9 Å². The number of pyridine rings is 1. The van der Waals surface area contributed by atoms with Gasteiger partial charge in [0, 0.05) is 11.1 Å². The number of nitrogens with zero attached hydrogens (tertiary/aromatic N) is 3. The van der Waals surface area contributed by atoms with Crippen molar-refractivity contribution < 1.29 is 9.59 Å². The molecule has 0 aromatic carbocycles. The van der Waals surface area contributed by atoms with Crippen LogP contribution in [0.4, 0.5) is 5.00 Å². The van der Waals surface area contributed by atoms with Crippen molar-refractivity contribution in [1.82, 2.24) is 14.8 Å². The summed E-state index contributed by atoms with van der Waals surface area (Å²) in [5.74, 6) is 0.378. The predicted molar refractivity (Wildman–Crippen MR) is 123 cm³/mol. The Morgan fingerprint density at radius 3 is 2.77 bits per heavy atom. The molecule has 0 fully saturated rings. The molecule has 1 aliphatic rings. The highest BCUT2D eigenvalue weighted by Gasteiger charge is 2.28. The molecule has 5 rings (SSSR count). The van der Waals surface area contributed by atoms with E-state index in [1.165, 1.54) is 27.6 Å². The van der Waals surface area contributed by atoms with Crippen LogP contribution < -0.4 is 5.32 Å². The lowest BCUT2D eigenvalue weighted by Crippen LogP contribution is -2.15. The number of ketones is 1. The van der Waals surface area contributed by atoms with Crippen molar-refractivity contribution in [1.29, 1.82) is 0 Å². The van der Waals surface area contributed by atoms with Crippen molar-refractivity contribution in [3.8, 4) is 5.82 Å². The van der Waals surface area contributed by atoms with Gasteiger partial charge in [-0.15, -0.1) is 22.7 Å². The Kier molecular flexibility index (Phi) is 5.25. The Morgan fingerprint density at radius 2 is 2.00 bits per heavy atom. The Balaban J connectivity index is 1.49. The van der Waals surface area contributed by atoms with Crippen LogP contribution in [0.15, 0.2) is 48.1 Å². The fraction of sp³-hybridized carbons (Fsp3) is 0.217. The van der Waals surface area contributed by atoms with E-state index in [-0.39, 0.29) is 11.7 Å². The van der Waals surface area contributed by atoms with Crippen LogP contribution in [0, 0.1) is 6.92 Å². The second-order valence-corrected chi connectivity index (χ2v) is 9.47. The minimum absolute atomic E-state index is 0.00870. The molecule has 31 heavy (non-hydrogen) atoms. The maximum atomic E-state index is 13.3. The lowest BCUT2D eigenvalue weighted by molar-refractivity contribution is 0.102. The third kappa shape index (κ3) is 3.62. The molecule has 4 heterocycles. The van der Waals surface area contributed by atoms with Gasteiger partial charge in [0.1, 0.15) is 5.00 Å². The number of aromatic nitrogens is 3. The van der Waals surface area contributed by atoms with Crippen LogP contribution in [0.1, 0.15) is 54.6 Å². The predicted octanol–water partition coefficient (Wildman–Crippen LogP) is 5.06. The van der Waals surface area contributed by atoms with E-state index >= 15 is 0 Å². The van der Waals surface area contributed by atoms with E-state index in [0.29, 0.717) is 32.5 Å². The highest BCUT2D eigenvalue weighted by molar-refractivity contribution is 7.17. The minimum atomic E-state index is -0.265. The fourth-order valence-corrected chi connectivity index (χ4v) is 5.89. The van der Waals surface area contributed by atoms with Gasteiger partial charge in [-0.25, -0.2) is 9.67 Å². The summed E-state index contributed by atoms with van der Waals surface area (Å²) < 4.78 is 1.64. The number of hydrogen-bond donors (Lipinski definition) is 1. The summed E-state index contributed by atoms with van der Waals surface area (Å²) in [5, 5.41) is 9.91. The first-order valence-corrected chi connectivity index (χ1v) is 11.8. The zero-order valence-corrected chi connectivity index (χ0v) is 18.6. The summed E-state index contributed by atoms with van der Waals surface area (Å²) in [6, 6.07) is 9.27. The first-order chi connectivity index (χ1) is 15.1. The zero-order valence-electron chi connectivity index (χ0n) is 16.9. The molecule has 4 aromatic heterocycles. The average molecular weight is 449 g/mol. The van der Waals surface area contributed by atoms with Gasteiger partial charge in [0.25, 0.3) is 5.91 Å². The van der Waals surface area contributed by atoms with Crippen LogP contribution in [0.5, 0.6) is 0 Å². The maximum Gasteiger partial charge on any atom is 0.259 e. The van der Waals surface area contributed by atoms with Crippen LogP contribution in [-0.4, -0.2) is 26.5 Å². The van der Waals surface area contributed by atoms with Crippen molar-refractivity contribution >= 4 is 39.4 Å². The number of anilines is 1. The van der Waals surface area contributed by atoms with E-state index in [0.717, 1.165) is 31.2 Å². The first kappa shape index (κ1) is 19.8. The van der Waals surface area contributed by atoms with Crippen LogP contribution in [0.2, 0.25) is 0 Å². The molecule has 0 atom stereocenters. The standard InChI is InChI=1S/C23H20N4O2S2/c1-14-16(13-25-27(14)19-10-4-5-11-24-19)22(29)26-23-20(21(28)18-9-6-12-30-18)15-7-2-3-8-17(15)31-23/h4-6,9-13H,2-3,7-8H2,1H3,(H,26,29). The lowest BCUT2D eigenvalue weighted by atomic mass is 9.93. The Labute approximate surface area is 187 Å². The molecule has 0 radical (unpaired) electrons. The molecule has 0 saturated carbocycles. The molecule has 8 heteroatoms. The number of nitrogens with one attached hydrogen (secondary N) is 1. The second-order valence-electron chi connectivity index (χ2n) is 7.42. The lowest BCUT2D eigenvalue weighted by Gasteiger charge is -2.12. The Morgan fingerprint density at radius 1 is 1.13 bits per heavy atom. The zero-order chi connectivity index (χ0) is 21.4. The molecule has 1 aliphatic carbocycles. The molecule has 1 N–H and O–H groups in total. The molecule has 0 saturated heterocycles. The number of thiophene rings is 2. The van der Waals surface area contributed by atoms with Gasteiger partial charge in [0.2, 0.25) is 5.78 Å². The number of hydrogen-bond acceptors (Lipinski definition) is 6. The highest BCUT2D eigenvalue weighted by atomic mass is 32.1. The van der Waals surface area contributed by atoms with Gasteiger partial charge in [-0.3, -0.25) is 9.59 Å². The monoisotopic (exact) mass is 448 g/mol. The van der Waals surface area contributed by atoms with Gasteiger partial charge in [-0.2, -0.15) is 5.10 Å². The molecule has 0 spiro atoms. The molecule has 6 nitrogen and oxygen atoms in total. The molecule has 0 unspecified atom stereocenters. The van der Waals surface area contributed by atoms with Crippen molar-refractivity contribution in [2.24, 2.45) is 0 Å². The number of rotatable bonds is 5. The van der Waals surface area contributed by atoms with E-state index in [2.05, 4.69) is 15.4 Å². The summed E-state index contributed by atoms with van der Waals surface area (Å²) in [4.78, 5) is 32.7. The van der Waals surface area contributed by atoms with E-state index in [4.69, 9.17) is 0 Å². The summed E-state index contributed by atoms with van der Waals surface area (Å²) in [7, 11) is 0. The molecule has 4 aromatic rings. The van der Waals surface area contributed by atoms with Crippen LogP contribution in [-0.2, 0) is 12.8 Å². The summed E-state index contributed by atoms with van der Waals surface area (Å²) >= 11 is 2.96. The highest BCUT2D eigenvalue weighted by Crippen LogP contribution is 2.40. The smallest absolute Gasteiger partial charge is 0.259 e. The summed E-state index contributed by atoms with van der Waals surface area (Å²) in [6.45, 7) is 1.84. The molecule has 156 valence electrons. The van der Waals surface area contributed by atoms with Gasteiger partial charge < -0.3 is 5.32 Å². The Hall–Kier alpha value is -3.10. The van der Waals surface area contributed by atoms with Crippen molar-refractivity contribution in [3.05, 3.63) is 80.2 Å². The normalized spacial score (nSPS) is 13.1. The van der Waals surface area contributed by atoms with Crippen molar-refractivity contribution in [3.63, 3.8) is 0 Å². The summed E-state index contributed by atoms with van der Waals surface area (Å²) in [6.07, 6.45) is 7.26. The summed E-state index contributed by atoms with van der Waals surface area (Å²) in [5.41, 5.74) is 2.92. The van der Waals surface area contributed by atoms with Crippen molar-refractivity contribution in [2.45, 2.75) is 32.6 Å². The van der Waals surface area contributed by atoms with Gasteiger partial charge >= 0.3 is 0 Å². The third-order valence-electron chi connectivity index (χ3n) is 5.49. The van der Waals surface area contributed by atoms with E-state index in [1.54, 1.807) is 17.1 Å². The molecule has 0 bridgehead atoms. The number of amides is 1.